The van der Waals surface area contributed by atoms with Crippen molar-refractivity contribution in [3.05, 3.63) is 53.1 Å². The molecular weight excluding hydrogens is 408 g/mol. The van der Waals surface area contributed by atoms with E-state index in [2.05, 4.69) is 4.72 Å². The lowest BCUT2D eigenvalue weighted by Gasteiger charge is -2.29. The van der Waals surface area contributed by atoms with Gasteiger partial charge in [0, 0.05) is 6.54 Å². The van der Waals surface area contributed by atoms with E-state index in [1.54, 1.807) is 19.1 Å². The molecule has 6 nitrogen and oxygen atoms in total. The minimum absolute atomic E-state index is 0.0855. The van der Waals surface area contributed by atoms with E-state index >= 15 is 0 Å². The molecular formula is C21H28N2O4S2. The maximum Gasteiger partial charge on any atom is 0.262 e. The van der Waals surface area contributed by atoms with Crippen LogP contribution in [0.5, 0.6) is 0 Å². The summed E-state index contributed by atoms with van der Waals surface area (Å²) in [5.74, 6) is 0.237. The number of nitrogens with one attached hydrogen (secondary N) is 1. The molecule has 0 aromatic heterocycles. The Bertz CT molecular complexity index is 1120. The Morgan fingerprint density at radius 1 is 1.03 bits per heavy atom. The van der Waals surface area contributed by atoms with Gasteiger partial charge in [-0.3, -0.25) is 9.03 Å². The molecule has 2 aromatic carbocycles. The van der Waals surface area contributed by atoms with Gasteiger partial charge in [0.05, 0.1) is 22.0 Å². The third-order valence-electron chi connectivity index (χ3n) is 5.26. The summed E-state index contributed by atoms with van der Waals surface area (Å²) in [4.78, 5) is 0.0914. The zero-order chi connectivity index (χ0) is 21.4. The topological polar surface area (TPSA) is 83.6 Å². The molecule has 0 bridgehead atoms. The summed E-state index contributed by atoms with van der Waals surface area (Å²) >= 11 is 0. The molecule has 1 heterocycles. The Morgan fingerprint density at radius 2 is 1.76 bits per heavy atom. The van der Waals surface area contributed by atoms with Crippen LogP contribution >= 0.6 is 0 Å². The van der Waals surface area contributed by atoms with Crippen LogP contribution in [0.4, 0.5) is 11.4 Å². The highest BCUT2D eigenvalue weighted by atomic mass is 32.2. The molecule has 1 fully saturated rings. The minimum atomic E-state index is -3.89. The first-order valence-electron chi connectivity index (χ1n) is 9.76. The van der Waals surface area contributed by atoms with Crippen LogP contribution in [-0.4, -0.2) is 29.1 Å². The summed E-state index contributed by atoms with van der Waals surface area (Å²) in [6, 6.07) is 10.5. The van der Waals surface area contributed by atoms with Crippen molar-refractivity contribution in [3.8, 4) is 0 Å². The van der Waals surface area contributed by atoms with E-state index in [9.17, 15) is 16.8 Å². The molecule has 158 valence electrons. The van der Waals surface area contributed by atoms with Crippen molar-refractivity contribution in [2.75, 3.05) is 21.3 Å². The zero-order valence-electron chi connectivity index (χ0n) is 17.3. The van der Waals surface area contributed by atoms with Gasteiger partial charge in [-0.1, -0.05) is 38.1 Å². The number of sulfonamides is 2. The quantitative estimate of drug-likeness (QED) is 0.763. The molecule has 0 spiro atoms. The Hall–Kier alpha value is -2.06. The van der Waals surface area contributed by atoms with Crippen molar-refractivity contribution >= 4 is 31.4 Å². The molecule has 1 N–H and O–H groups in total. The van der Waals surface area contributed by atoms with Crippen LogP contribution in [0.2, 0.25) is 0 Å². The van der Waals surface area contributed by atoms with Crippen molar-refractivity contribution in [1.82, 2.24) is 0 Å². The Balaban J connectivity index is 2.05. The fourth-order valence-electron chi connectivity index (χ4n) is 3.61. The molecule has 29 heavy (non-hydrogen) atoms. The predicted octanol–water partition coefficient (Wildman–Crippen LogP) is 4.16. The van der Waals surface area contributed by atoms with Gasteiger partial charge >= 0.3 is 0 Å². The number of nitrogens with zero attached hydrogens (tertiary/aromatic N) is 1. The van der Waals surface area contributed by atoms with Crippen molar-refractivity contribution in [2.45, 2.75) is 51.3 Å². The highest BCUT2D eigenvalue weighted by molar-refractivity contribution is 7.93. The predicted molar refractivity (Wildman–Crippen MR) is 118 cm³/mol. The SMILES string of the molecule is Cc1ccc(N2CCCCS2(=O)=O)cc1S(=O)(=O)Nc1c(C)cccc1C(C)C. The van der Waals surface area contributed by atoms with E-state index in [-0.39, 0.29) is 16.6 Å². The molecule has 0 saturated carbocycles. The average molecular weight is 437 g/mol. The first kappa shape index (κ1) is 21.6. The monoisotopic (exact) mass is 436 g/mol. The van der Waals surface area contributed by atoms with E-state index in [4.69, 9.17) is 0 Å². The van der Waals surface area contributed by atoms with Gasteiger partial charge in [-0.05, 0) is 61.4 Å². The van der Waals surface area contributed by atoms with Crippen molar-refractivity contribution in [1.29, 1.82) is 0 Å². The maximum atomic E-state index is 13.3. The van der Waals surface area contributed by atoms with Gasteiger partial charge < -0.3 is 0 Å². The lowest BCUT2D eigenvalue weighted by Crippen LogP contribution is -2.38. The molecule has 0 aliphatic carbocycles. The third kappa shape index (κ3) is 4.43. The zero-order valence-corrected chi connectivity index (χ0v) is 18.9. The smallest absolute Gasteiger partial charge is 0.262 e. The highest BCUT2D eigenvalue weighted by Gasteiger charge is 2.28. The maximum absolute atomic E-state index is 13.3. The standard InChI is InChI=1S/C21H28N2O4S2/c1-15(2)19-9-7-8-17(4)21(19)22-29(26,27)20-14-18(11-10-16(20)3)23-12-5-6-13-28(23,24)25/h7-11,14-15,22H,5-6,12-13H2,1-4H3. The third-order valence-corrected chi connectivity index (χ3v) is 8.62. The number of rotatable bonds is 5. The van der Waals surface area contributed by atoms with Gasteiger partial charge in [0.2, 0.25) is 10.0 Å². The van der Waals surface area contributed by atoms with Crippen molar-refractivity contribution < 1.29 is 16.8 Å². The fraction of sp³-hybridized carbons (Fsp3) is 0.429. The Labute approximate surface area is 174 Å². The number of anilines is 2. The van der Waals surface area contributed by atoms with Crippen LogP contribution < -0.4 is 9.03 Å². The van der Waals surface area contributed by atoms with Gasteiger partial charge in [-0.25, -0.2) is 16.8 Å². The van der Waals surface area contributed by atoms with E-state index in [0.717, 1.165) is 17.5 Å². The molecule has 1 saturated heterocycles. The van der Waals surface area contributed by atoms with Crippen molar-refractivity contribution in [2.24, 2.45) is 0 Å². The van der Waals surface area contributed by atoms with Crippen LogP contribution in [0.15, 0.2) is 41.3 Å². The minimum Gasteiger partial charge on any atom is -0.279 e. The molecule has 0 amide bonds. The second-order valence-corrected chi connectivity index (χ2v) is 11.5. The molecule has 1 aliphatic heterocycles. The van der Waals surface area contributed by atoms with Crippen LogP contribution in [0, 0.1) is 13.8 Å². The fourth-order valence-corrected chi connectivity index (χ4v) is 6.67. The number of aryl methyl sites for hydroxylation is 2. The van der Waals surface area contributed by atoms with E-state index in [0.29, 0.717) is 29.9 Å². The van der Waals surface area contributed by atoms with Crippen molar-refractivity contribution in [3.63, 3.8) is 0 Å². The van der Waals surface area contributed by atoms with E-state index in [1.807, 2.05) is 39.0 Å². The first-order chi connectivity index (χ1) is 13.5. The molecule has 0 unspecified atom stereocenters. The van der Waals surface area contributed by atoms with Gasteiger partial charge in [0.25, 0.3) is 10.0 Å². The van der Waals surface area contributed by atoms with Gasteiger partial charge in [-0.2, -0.15) is 0 Å². The van der Waals surface area contributed by atoms with E-state index < -0.39 is 20.0 Å². The molecule has 1 aliphatic rings. The summed E-state index contributed by atoms with van der Waals surface area (Å²) in [7, 11) is -7.31. The molecule has 0 atom stereocenters. The normalized spacial score (nSPS) is 16.8. The number of hydrogen-bond donors (Lipinski definition) is 1. The lowest BCUT2D eigenvalue weighted by atomic mass is 9.99. The number of para-hydroxylation sites is 1. The summed E-state index contributed by atoms with van der Waals surface area (Å²) in [5, 5.41) is 0. The highest BCUT2D eigenvalue weighted by Crippen LogP contribution is 2.32. The summed E-state index contributed by atoms with van der Waals surface area (Å²) in [6.07, 6.45) is 1.39. The largest absolute Gasteiger partial charge is 0.279 e. The number of hydrogen-bond acceptors (Lipinski definition) is 4. The van der Waals surface area contributed by atoms with Crippen LogP contribution in [0.3, 0.4) is 0 Å². The Kier molecular flexibility index (Phi) is 5.96. The lowest BCUT2D eigenvalue weighted by molar-refractivity contribution is 0.574. The molecule has 3 rings (SSSR count). The molecule has 2 aromatic rings. The number of benzene rings is 2. The second-order valence-electron chi connectivity index (χ2n) is 7.84. The van der Waals surface area contributed by atoms with E-state index in [1.165, 1.54) is 10.4 Å². The van der Waals surface area contributed by atoms with Gasteiger partial charge in [-0.15, -0.1) is 0 Å². The average Bonchev–Trinajstić information content (AvgIpc) is 2.63. The first-order valence-corrected chi connectivity index (χ1v) is 12.9. The summed E-state index contributed by atoms with van der Waals surface area (Å²) in [5.41, 5.74) is 3.30. The van der Waals surface area contributed by atoms with Crippen LogP contribution in [0.25, 0.3) is 0 Å². The van der Waals surface area contributed by atoms with Gasteiger partial charge in [0.1, 0.15) is 0 Å². The molecule has 8 heteroatoms. The van der Waals surface area contributed by atoms with Crippen LogP contribution in [0.1, 0.15) is 49.3 Å². The summed E-state index contributed by atoms with van der Waals surface area (Å²) in [6.45, 7) is 7.98. The second kappa shape index (κ2) is 7.99. The molecule has 0 radical (unpaired) electrons. The van der Waals surface area contributed by atoms with Crippen LogP contribution in [-0.2, 0) is 20.0 Å². The summed E-state index contributed by atoms with van der Waals surface area (Å²) < 4.78 is 55.5. The van der Waals surface area contributed by atoms with Gasteiger partial charge in [0.15, 0.2) is 0 Å². The Morgan fingerprint density at radius 3 is 2.41 bits per heavy atom.